The van der Waals surface area contributed by atoms with Crippen LogP contribution in [0.3, 0.4) is 0 Å². The molecule has 2 rings (SSSR count). The first-order valence-corrected chi connectivity index (χ1v) is 9.84. The highest BCUT2D eigenvalue weighted by Crippen LogP contribution is 2.21. The number of amides is 1. The van der Waals surface area contributed by atoms with Gasteiger partial charge in [-0.3, -0.25) is 4.79 Å². The smallest absolute Gasteiger partial charge is 0.242 e. The molecule has 0 spiro atoms. The summed E-state index contributed by atoms with van der Waals surface area (Å²) in [6.07, 6.45) is 0.752. The van der Waals surface area contributed by atoms with Crippen LogP contribution in [0, 0.1) is 0 Å². The number of carbonyl (C=O) groups excluding carboxylic acids is 1. The van der Waals surface area contributed by atoms with E-state index in [1.165, 1.54) is 18.4 Å². The molecule has 0 radical (unpaired) electrons. The fourth-order valence-corrected chi connectivity index (χ4v) is 3.39. The van der Waals surface area contributed by atoms with Gasteiger partial charge in [-0.05, 0) is 18.2 Å². The fourth-order valence-electron chi connectivity index (χ4n) is 2.33. The zero-order valence-electron chi connectivity index (χ0n) is 14.4. The Bertz CT molecular complexity index is 919. The zero-order chi connectivity index (χ0) is 18.8. The minimum atomic E-state index is -3.51. The number of benzene rings is 1. The molecular formula is C16H21BrN4O3S. The van der Waals surface area contributed by atoms with E-state index in [1.54, 1.807) is 18.2 Å². The molecule has 7 nitrogen and oxygen atoms in total. The van der Waals surface area contributed by atoms with Crippen LogP contribution in [0.4, 0.5) is 0 Å². The normalized spacial score (nSPS) is 11.9. The minimum Gasteiger partial charge on any atom is -0.352 e. The Kier molecular flexibility index (Phi) is 6.02. The van der Waals surface area contributed by atoms with E-state index in [-0.39, 0.29) is 10.8 Å². The average Bonchev–Trinajstić information content (AvgIpc) is 2.86. The van der Waals surface area contributed by atoms with Crippen molar-refractivity contribution in [3.05, 3.63) is 35.1 Å². The van der Waals surface area contributed by atoms with Gasteiger partial charge in [0.25, 0.3) is 0 Å². The van der Waals surface area contributed by atoms with Crippen LogP contribution in [-0.4, -0.2) is 48.8 Å². The van der Waals surface area contributed by atoms with Crippen molar-refractivity contribution in [2.75, 3.05) is 20.6 Å². The predicted octanol–water partition coefficient (Wildman–Crippen LogP) is 1.78. The molecule has 1 aromatic heterocycles. The number of carbonyl (C=O) groups is 1. The maximum Gasteiger partial charge on any atom is 0.242 e. The Morgan fingerprint density at radius 1 is 1.40 bits per heavy atom. The van der Waals surface area contributed by atoms with E-state index in [0.29, 0.717) is 29.4 Å². The monoisotopic (exact) mass is 428 g/mol. The van der Waals surface area contributed by atoms with E-state index in [1.807, 2.05) is 11.6 Å². The molecule has 0 bridgehead atoms. The summed E-state index contributed by atoms with van der Waals surface area (Å²) in [7, 11) is 1.32. The molecule has 2 aromatic rings. The molecule has 9 heteroatoms. The molecule has 0 atom stereocenters. The van der Waals surface area contributed by atoms with Gasteiger partial charge in [-0.1, -0.05) is 22.5 Å². The molecule has 0 saturated heterocycles. The molecule has 0 aliphatic rings. The third-order valence-corrected chi connectivity index (χ3v) is 5.87. The molecule has 0 unspecified atom stereocenters. The van der Waals surface area contributed by atoms with Crippen molar-refractivity contribution >= 4 is 42.9 Å². The predicted molar refractivity (Wildman–Crippen MR) is 101 cm³/mol. The topological polar surface area (TPSA) is 84.3 Å². The van der Waals surface area contributed by atoms with Crippen LogP contribution >= 0.6 is 15.9 Å². The second kappa shape index (κ2) is 7.67. The summed E-state index contributed by atoms with van der Waals surface area (Å²) in [5.74, 6) is 0.630. The summed E-state index contributed by atoms with van der Waals surface area (Å²) in [6.45, 7) is 4.04. The number of imidazole rings is 1. The summed E-state index contributed by atoms with van der Waals surface area (Å²) in [5, 5.41) is 2.74. The first kappa shape index (κ1) is 19.6. The Morgan fingerprint density at radius 3 is 2.68 bits per heavy atom. The minimum absolute atomic E-state index is 0.0940. The number of hydrogen-bond donors (Lipinski definition) is 1. The lowest BCUT2D eigenvalue weighted by atomic mass is 10.3. The molecule has 1 aromatic carbocycles. The number of fused-ring (bicyclic) bond motifs is 1. The van der Waals surface area contributed by atoms with Gasteiger partial charge in [0.05, 0.1) is 15.9 Å². The van der Waals surface area contributed by atoms with Gasteiger partial charge in [-0.15, -0.1) is 0 Å². The number of halogens is 1. The standard InChI is InChI=1S/C16H21BrN4O3S/c1-11(17)10-18-16(22)8-7-15-19-13-9-12(25(23,24)20(2)3)5-6-14(13)21(15)4/h5-6,9H,1,7-8,10H2,2-4H3,(H,18,22). The Balaban J connectivity index is 2.21. The maximum absolute atomic E-state index is 12.2. The number of nitrogens with zero attached hydrogens (tertiary/aromatic N) is 3. The van der Waals surface area contributed by atoms with Crippen LogP contribution in [0.5, 0.6) is 0 Å². The molecule has 0 saturated carbocycles. The van der Waals surface area contributed by atoms with Crippen LogP contribution < -0.4 is 5.32 Å². The van der Waals surface area contributed by atoms with Crippen LogP contribution in [-0.2, 0) is 28.3 Å². The fraction of sp³-hybridized carbons (Fsp3) is 0.375. The largest absolute Gasteiger partial charge is 0.352 e. The summed E-state index contributed by atoms with van der Waals surface area (Å²) < 4.78 is 28.2. The van der Waals surface area contributed by atoms with Crippen LogP contribution in [0.1, 0.15) is 12.2 Å². The maximum atomic E-state index is 12.2. The third-order valence-electron chi connectivity index (χ3n) is 3.78. The quantitative estimate of drug-likeness (QED) is 0.728. The highest BCUT2D eigenvalue weighted by Gasteiger charge is 2.19. The zero-order valence-corrected chi connectivity index (χ0v) is 16.8. The van der Waals surface area contributed by atoms with Crippen LogP contribution in [0.15, 0.2) is 34.2 Å². The molecule has 25 heavy (non-hydrogen) atoms. The van der Waals surface area contributed by atoms with Crippen LogP contribution in [0.2, 0.25) is 0 Å². The van der Waals surface area contributed by atoms with Gasteiger partial charge in [0.2, 0.25) is 15.9 Å². The molecule has 1 N–H and O–H groups in total. The first-order chi connectivity index (χ1) is 11.6. The van der Waals surface area contributed by atoms with Gasteiger partial charge < -0.3 is 9.88 Å². The van der Waals surface area contributed by atoms with Crippen molar-refractivity contribution < 1.29 is 13.2 Å². The van der Waals surface area contributed by atoms with Gasteiger partial charge in [-0.25, -0.2) is 17.7 Å². The van der Waals surface area contributed by atoms with E-state index < -0.39 is 10.0 Å². The van der Waals surface area contributed by atoms with E-state index in [0.717, 1.165) is 11.3 Å². The molecule has 136 valence electrons. The van der Waals surface area contributed by atoms with Crippen molar-refractivity contribution in [3.8, 4) is 0 Å². The lowest BCUT2D eigenvalue weighted by Crippen LogP contribution is -2.24. The first-order valence-electron chi connectivity index (χ1n) is 7.61. The van der Waals surface area contributed by atoms with Crippen molar-refractivity contribution in [2.45, 2.75) is 17.7 Å². The summed E-state index contributed by atoms with van der Waals surface area (Å²) >= 11 is 3.19. The van der Waals surface area contributed by atoms with Crippen molar-refractivity contribution in [1.82, 2.24) is 19.2 Å². The highest BCUT2D eigenvalue weighted by atomic mass is 79.9. The molecule has 0 fully saturated rings. The molecule has 1 heterocycles. The Labute approximate surface area is 155 Å². The molecule has 1 amide bonds. The second-order valence-electron chi connectivity index (χ2n) is 5.82. The number of hydrogen-bond acceptors (Lipinski definition) is 4. The Morgan fingerprint density at radius 2 is 2.08 bits per heavy atom. The van der Waals surface area contributed by atoms with Gasteiger partial charge in [0.15, 0.2) is 0 Å². The lowest BCUT2D eigenvalue weighted by Gasteiger charge is -2.10. The van der Waals surface area contributed by atoms with E-state index in [4.69, 9.17) is 0 Å². The third kappa shape index (κ3) is 4.47. The van der Waals surface area contributed by atoms with Crippen molar-refractivity contribution in [3.63, 3.8) is 0 Å². The van der Waals surface area contributed by atoms with Gasteiger partial charge in [-0.2, -0.15) is 0 Å². The second-order valence-corrected chi connectivity index (χ2v) is 9.09. The van der Waals surface area contributed by atoms with Gasteiger partial charge in [0.1, 0.15) is 5.82 Å². The van der Waals surface area contributed by atoms with Gasteiger partial charge >= 0.3 is 0 Å². The number of aromatic nitrogens is 2. The number of aryl methyl sites for hydroxylation is 2. The highest BCUT2D eigenvalue weighted by molar-refractivity contribution is 9.11. The molecular weight excluding hydrogens is 408 g/mol. The average molecular weight is 429 g/mol. The van der Waals surface area contributed by atoms with Crippen molar-refractivity contribution in [1.29, 1.82) is 0 Å². The Hall–Kier alpha value is -1.71. The van der Waals surface area contributed by atoms with Crippen LogP contribution in [0.25, 0.3) is 11.0 Å². The summed E-state index contributed by atoms with van der Waals surface area (Å²) in [4.78, 5) is 16.5. The summed E-state index contributed by atoms with van der Waals surface area (Å²) in [6, 6.07) is 4.86. The van der Waals surface area contributed by atoms with E-state index >= 15 is 0 Å². The van der Waals surface area contributed by atoms with E-state index in [2.05, 4.69) is 32.8 Å². The SMILES string of the molecule is C=C(Br)CNC(=O)CCc1nc2cc(S(=O)(=O)N(C)C)ccc2n1C. The van der Waals surface area contributed by atoms with Crippen molar-refractivity contribution in [2.24, 2.45) is 7.05 Å². The summed E-state index contributed by atoms with van der Waals surface area (Å²) in [5.41, 5.74) is 1.41. The lowest BCUT2D eigenvalue weighted by molar-refractivity contribution is -0.120. The molecule has 0 aliphatic carbocycles. The number of sulfonamides is 1. The number of rotatable bonds is 7. The van der Waals surface area contributed by atoms with E-state index in [9.17, 15) is 13.2 Å². The number of nitrogens with one attached hydrogen (secondary N) is 1. The van der Waals surface area contributed by atoms with Gasteiger partial charge in [0, 0.05) is 45.0 Å². The molecule has 0 aliphatic heterocycles.